The Morgan fingerprint density at radius 1 is 0.319 bits per heavy atom. The van der Waals surface area contributed by atoms with Gasteiger partial charge in [-0.3, -0.25) is 0 Å². The molecule has 6 heterocycles. The van der Waals surface area contributed by atoms with Crippen molar-refractivity contribution in [2.24, 2.45) is 0 Å². The summed E-state index contributed by atoms with van der Waals surface area (Å²) in [6.07, 6.45) is 0. The van der Waals surface area contributed by atoms with Gasteiger partial charge in [0.25, 0.3) is 0 Å². The highest BCUT2D eigenvalue weighted by molar-refractivity contribution is 6.23. The van der Waals surface area contributed by atoms with Crippen LogP contribution >= 0.6 is 0 Å². The van der Waals surface area contributed by atoms with Gasteiger partial charge in [0, 0.05) is 33.7 Å². The first-order valence-electron chi connectivity index (χ1n) is 22.5. The monoisotopic (exact) mass is 886 g/mol. The second-order valence-electron chi connectivity index (χ2n) is 17.4. The Kier molecular flexibility index (Phi) is 7.45. The van der Waals surface area contributed by atoms with Crippen LogP contribution in [0.5, 0.6) is 23.0 Å². The highest BCUT2D eigenvalue weighted by Crippen LogP contribution is 2.61. The molecule has 0 N–H and O–H groups in total. The van der Waals surface area contributed by atoms with Crippen molar-refractivity contribution in [2.45, 2.75) is 0 Å². The molecular formula is C60H30N4O5. The van der Waals surface area contributed by atoms with Crippen LogP contribution in [-0.2, 0) is 0 Å². The van der Waals surface area contributed by atoms with Crippen LogP contribution in [0.25, 0.3) is 88.1 Å². The quantitative estimate of drug-likeness (QED) is 0.170. The maximum atomic E-state index is 12.0. The molecular weight excluding hydrogens is 857 g/mol. The second kappa shape index (κ2) is 13.8. The van der Waals surface area contributed by atoms with Gasteiger partial charge in [0.15, 0.2) is 23.0 Å². The zero-order valence-corrected chi connectivity index (χ0v) is 36.2. The van der Waals surface area contributed by atoms with Gasteiger partial charge in [-0.15, -0.1) is 0 Å². The molecule has 9 aromatic carbocycles. The molecule has 0 atom stereocenters. The van der Waals surface area contributed by atoms with Crippen LogP contribution in [-0.4, -0.2) is 0 Å². The van der Waals surface area contributed by atoms with Crippen LogP contribution < -0.4 is 19.3 Å². The minimum atomic E-state index is 0.245. The van der Waals surface area contributed by atoms with Crippen molar-refractivity contribution in [1.82, 2.24) is 0 Å². The zero-order valence-electron chi connectivity index (χ0n) is 36.2. The van der Waals surface area contributed by atoms with Crippen molar-refractivity contribution in [3.8, 4) is 57.4 Å². The Bertz CT molecular complexity index is 4420. The highest BCUT2D eigenvalue weighted by atomic mass is 16.5. The van der Waals surface area contributed by atoms with Gasteiger partial charge in [-0.05, 0) is 82.9 Å². The standard InChI is InChI=1S/C60H30N4O5/c61-31-41-57-49-23-24-50(67-49)58(57)60(64-44-22-20-36(34-13-5-2-6-14-34)26-54(44)69-56-30-52-40(28-46(56)64)38-16-8-10-18-48(38)66-52)42(32-62)59(41)63-43-21-19-35(33-11-3-1-4-12-33)25-53(43)68-55-29-51-39(27-45(55)63)37-15-7-9-17-47(37)65-51/h1-30H. The lowest BCUT2D eigenvalue weighted by Gasteiger charge is -2.37. The molecule has 0 saturated heterocycles. The number of ether oxygens (including phenoxy) is 2. The molecule has 2 aliphatic heterocycles. The summed E-state index contributed by atoms with van der Waals surface area (Å²) in [6.45, 7) is 0. The lowest BCUT2D eigenvalue weighted by Crippen LogP contribution is -2.22. The number of para-hydroxylation sites is 2. The van der Waals surface area contributed by atoms with Crippen LogP contribution in [0.3, 0.4) is 0 Å². The maximum Gasteiger partial charge on any atom is 0.155 e. The van der Waals surface area contributed by atoms with E-state index in [2.05, 4.69) is 53.4 Å². The van der Waals surface area contributed by atoms with Crippen molar-refractivity contribution in [3.63, 3.8) is 0 Å². The molecule has 69 heavy (non-hydrogen) atoms. The van der Waals surface area contributed by atoms with Crippen molar-refractivity contribution in [2.75, 3.05) is 9.80 Å². The molecule has 15 rings (SSSR count). The fourth-order valence-electron chi connectivity index (χ4n) is 10.6. The fraction of sp³-hybridized carbons (Fsp3) is 0. The molecule has 0 amide bonds. The highest BCUT2D eigenvalue weighted by Gasteiger charge is 2.39. The van der Waals surface area contributed by atoms with Crippen LogP contribution in [0, 0.1) is 22.7 Å². The van der Waals surface area contributed by atoms with Gasteiger partial charge in [0.05, 0.1) is 50.5 Å². The molecule has 4 aromatic heterocycles. The molecule has 9 heteroatoms. The van der Waals surface area contributed by atoms with Gasteiger partial charge in [-0.1, -0.05) is 109 Å². The number of fused-ring (bicyclic) bond motifs is 15. The van der Waals surface area contributed by atoms with Gasteiger partial charge < -0.3 is 32.5 Å². The van der Waals surface area contributed by atoms with Crippen LogP contribution in [0.4, 0.5) is 34.1 Å². The lowest BCUT2D eigenvalue weighted by atomic mass is 9.92. The van der Waals surface area contributed by atoms with E-state index in [-0.39, 0.29) is 11.1 Å². The van der Waals surface area contributed by atoms with E-state index in [0.717, 1.165) is 55.0 Å². The molecule has 0 saturated carbocycles. The lowest BCUT2D eigenvalue weighted by molar-refractivity contribution is 0.476. The summed E-state index contributed by atoms with van der Waals surface area (Å²) >= 11 is 0. The van der Waals surface area contributed by atoms with E-state index >= 15 is 0 Å². The zero-order chi connectivity index (χ0) is 45.5. The van der Waals surface area contributed by atoms with E-state index in [1.807, 2.05) is 150 Å². The Labute approximate surface area is 391 Å². The van der Waals surface area contributed by atoms with E-state index in [0.29, 0.717) is 90.2 Å². The summed E-state index contributed by atoms with van der Waals surface area (Å²) < 4.78 is 33.2. The third kappa shape index (κ3) is 5.21. The van der Waals surface area contributed by atoms with E-state index in [1.165, 1.54) is 0 Å². The van der Waals surface area contributed by atoms with Crippen molar-refractivity contribution >= 4 is 99.9 Å². The number of furan rings is 4. The maximum absolute atomic E-state index is 12.0. The predicted molar refractivity (Wildman–Crippen MR) is 269 cm³/mol. The van der Waals surface area contributed by atoms with E-state index in [1.54, 1.807) is 0 Å². The average molecular weight is 887 g/mol. The van der Waals surface area contributed by atoms with Crippen LogP contribution in [0.15, 0.2) is 195 Å². The SMILES string of the molecule is N#Cc1c(N2c3ccc(-c4ccccc4)cc3Oc3cc4oc5ccccc5c4cc32)c(C#N)c2c3ccc(o3)c2c1N1c2ccc(-c3ccccc3)cc2Oc2cc3oc4ccccc4c3cc21. The van der Waals surface area contributed by atoms with Crippen molar-refractivity contribution < 1.29 is 22.7 Å². The van der Waals surface area contributed by atoms with Gasteiger partial charge in [-0.2, -0.15) is 10.5 Å². The summed E-state index contributed by atoms with van der Waals surface area (Å²) in [5.41, 5.74) is 11.9. The third-order valence-corrected chi connectivity index (χ3v) is 13.7. The molecule has 13 aromatic rings. The molecule has 0 aliphatic carbocycles. The average Bonchev–Trinajstić information content (AvgIpc) is 4.20. The van der Waals surface area contributed by atoms with E-state index < -0.39 is 0 Å². The minimum absolute atomic E-state index is 0.245. The first-order chi connectivity index (χ1) is 34.1. The van der Waals surface area contributed by atoms with Crippen LogP contribution in [0.1, 0.15) is 11.1 Å². The Balaban J connectivity index is 1.07. The molecule has 2 bridgehead atoms. The normalized spacial score (nSPS) is 12.8. The Morgan fingerprint density at radius 3 is 1.29 bits per heavy atom. The predicted octanol–water partition coefficient (Wildman–Crippen LogP) is 17.1. The largest absolute Gasteiger partial charge is 0.456 e. The summed E-state index contributed by atoms with van der Waals surface area (Å²) in [5.74, 6) is 2.15. The number of nitrogens with zero attached hydrogens (tertiary/aromatic N) is 4. The molecule has 2 aliphatic rings. The summed E-state index contributed by atoms with van der Waals surface area (Å²) in [5, 5.41) is 28.5. The fourth-order valence-corrected chi connectivity index (χ4v) is 10.6. The number of anilines is 6. The topological polar surface area (TPSA) is 112 Å². The van der Waals surface area contributed by atoms with Crippen molar-refractivity contribution in [1.29, 1.82) is 10.5 Å². The van der Waals surface area contributed by atoms with Gasteiger partial charge in [0.2, 0.25) is 0 Å². The smallest absolute Gasteiger partial charge is 0.155 e. The Hall–Kier alpha value is -9.96. The van der Waals surface area contributed by atoms with Crippen LogP contribution in [0.2, 0.25) is 0 Å². The summed E-state index contributed by atoms with van der Waals surface area (Å²) in [4.78, 5) is 4.12. The number of nitriles is 2. The molecule has 320 valence electrons. The van der Waals surface area contributed by atoms with Gasteiger partial charge >= 0.3 is 0 Å². The first-order valence-corrected chi connectivity index (χ1v) is 22.5. The number of hydrogen-bond donors (Lipinski definition) is 0. The number of hydrogen-bond acceptors (Lipinski definition) is 9. The molecule has 0 spiro atoms. The van der Waals surface area contributed by atoms with Gasteiger partial charge in [-0.25, -0.2) is 0 Å². The molecule has 9 nitrogen and oxygen atoms in total. The summed E-state index contributed by atoms with van der Waals surface area (Å²) in [7, 11) is 0. The van der Waals surface area contributed by atoms with Crippen molar-refractivity contribution in [3.05, 3.63) is 193 Å². The van der Waals surface area contributed by atoms with Gasteiger partial charge in [0.1, 0.15) is 51.2 Å². The van der Waals surface area contributed by atoms with E-state index in [4.69, 9.17) is 22.7 Å². The molecule has 0 unspecified atom stereocenters. The molecule has 0 radical (unpaired) electrons. The van der Waals surface area contributed by atoms with E-state index in [9.17, 15) is 10.5 Å². The third-order valence-electron chi connectivity index (χ3n) is 13.7. The second-order valence-corrected chi connectivity index (χ2v) is 17.4. The number of rotatable bonds is 4. The first kappa shape index (κ1) is 37.3. The minimum Gasteiger partial charge on any atom is -0.456 e. The number of benzene rings is 10. The summed E-state index contributed by atoms with van der Waals surface area (Å²) in [6, 6.07) is 65.3. The molecule has 0 fully saturated rings. The Morgan fingerprint density at radius 2 is 0.768 bits per heavy atom.